The van der Waals surface area contributed by atoms with Gasteiger partial charge in [-0.05, 0) is 29.7 Å². The van der Waals surface area contributed by atoms with Crippen molar-refractivity contribution < 1.29 is 19.2 Å². The van der Waals surface area contributed by atoms with Gasteiger partial charge >= 0.3 is 0 Å². The summed E-state index contributed by atoms with van der Waals surface area (Å²) in [6, 6.07) is 4.74. The first-order valence-electron chi connectivity index (χ1n) is 12.4. The number of rotatable bonds is 9. The fraction of sp³-hybridized carbons (Fsp3) is 0.429. The predicted molar refractivity (Wildman–Crippen MR) is 148 cm³/mol. The van der Waals surface area contributed by atoms with Gasteiger partial charge in [0.25, 0.3) is 5.91 Å². The molecule has 1 aliphatic carbocycles. The van der Waals surface area contributed by atoms with Crippen molar-refractivity contribution in [1.82, 2.24) is 20.9 Å². The van der Waals surface area contributed by atoms with Crippen LogP contribution in [-0.4, -0.2) is 49.5 Å². The van der Waals surface area contributed by atoms with Crippen molar-refractivity contribution in [1.29, 1.82) is 0 Å². The summed E-state index contributed by atoms with van der Waals surface area (Å²) in [5.41, 5.74) is 3.16. The van der Waals surface area contributed by atoms with Crippen LogP contribution in [0.2, 0.25) is 0 Å². The van der Waals surface area contributed by atoms with Crippen molar-refractivity contribution >= 4 is 36.1 Å². The van der Waals surface area contributed by atoms with Crippen molar-refractivity contribution in [2.24, 2.45) is 5.41 Å². The summed E-state index contributed by atoms with van der Waals surface area (Å²) in [4.78, 5) is 47.4. The monoisotopic (exact) mass is 530 g/mol. The van der Waals surface area contributed by atoms with Crippen LogP contribution in [0.5, 0.6) is 0 Å². The standard InChI is InChI=1S/C16H19N3O4.C10H14ClN.C2H6/c1-17-15(22)13(6-3-7-20)19-9-12-5-2-4-11(8-18-10-21)14(12)16(19)23;1-10(2)5-4-9(12-3)6-8(11)7-10;1-2/h2,4-5,7,10,13H,3,6,8-9H2,1H3,(H,17,22)(H,18,21);4-7,12H,1-3H3;1-2H3. The molecule has 1 aliphatic heterocycles. The highest BCUT2D eigenvalue weighted by atomic mass is 35.5. The van der Waals surface area contributed by atoms with Gasteiger partial charge in [0.1, 0.15) is 12.3 Å². The Hall–Kier alpha value is -3.39. The highest BCUT2D eigenvalue weighted by Crippen LogP contribution is 2.29. The van der Waals surface area contributed by atoms with Gasteiger partial charge < -0.3 is 25.6 Å². The minimum atomic E-state index is -0.683. The van der Waals surface area contributed by atoms with Crippen molar-refractivity contribution in [3.8, 4) is 0 Å². The van der Waals surface area contributed by atoms with Crippen molar-refractivity contribution in [2.45, 2.75) is 59.7 Å². The largest absolute Gasteiger partial charge is 0.388 e. The number of allylic oxidation sites excluding steroid dienone is 5. The molecular weight excluding hydrogens is 492 g/mol. The Kier molecular flexibility index (Phi) is 13.4. The normalized spacial score (nSPS) is 15.8. The quantitative estimate of drug-likeness (QED) is 0.421. The molecule has 2 aliphatic rings. The van der Waals surface area contributed by atoms with Gasteiger partial charge in [-0.15, -0.1) is 0 Å². The Balaban J connectivity index is 0.000000411. The van der Waals surface area contributed by atoms with E-state index in [9.17, 15) is 19.2 Å². The number of carbonyl (C=O) groups is 4. The van der Waals surface area contributed by atoms with Crippen molar-refractivity contribution in [3.05, 3.63) is 69.9 Å². The fourth-order valence-electron chi connectivity index (χ4n) is 3.93. The average molecular weight is 531 g/mol. The minimum Gasteiger partial charge on any atom is -0.388 e. The molecule has 0 saturated carbocycles. The third kappa shape index (κ3) is 9.21. The van der Waals surface area contributed by atoms with Crippen LogP contribution in [0.15, 0.2) is 53.2 Å². The van der Waals surface area contributed by atoms with Gasteiger partial charge in [-0.2, -0.15) is 0 Å². The molecule has 1 aromatic carbocycles. The number of carbonyl (C=O) groups excluding carboxylic acids is 4. The molecule has 0 aromatic heterocycles. The van der Waals surface area contributed by atoms with E-state index in [0.717, 1.165) is 22.6 Å². The molecule has 3 N–H and O–H groups in total. The van der Waals surface area contributed by atoms with Gasteiger partial charge in [-0.25, -0.2) is 0 Å². The van der Waals surface area contributed by atoms with Crippen LogP contribution < -0.4 is 16.0 Å². The molecule has 8 nitrogen and oxygen atoms in total. The van der Waals surface area contributed by atoms with E-state index in [-0.39, 0.29) is 36.6 Å². The lowest BCUT2D eigenvalue weighted by Crippen LogP contribution is -2.46. The molecule has 0 fully saturated rings. The molecule has 1 aromatic rings. The number of nitrogens with one attached hydrogen (secondary N) is 3. The smallest absolute Gasteiger partial charge is 0.255 e. The van der Waals surface area contributed by atoms with Gasteiger partial charge in [0, 0.05) is 55.3 Å². The molecule has 202 valence electrons. The maximum Gasteiger partial charge on any atom is 0.255 e. The van der Waals surface area contributed by atoms with E-state index in [0.29, 0.717) is 24.1 Å². The predicted octanol–water partition coefficient (Wildman–Crippen LogP) is 3.82. The summed E-state index contributed by atoms with van der Waals surface area (Å²) in [7, 11) is 3.39. The molecular formula is C28H39ClN4O4. The lowest BCUT2D eigenvalue weighted by atomic mass is 9.93. The SMILES string of the molecule is CC.CNC(=O)C(CCC=O)N1Cc2cccc(CNC=O)c2C1=O.CNC1=CC(Cl)=CC(C)(C)C=C1. The molecule has 1 unspecified atom stereocenters. The number of hydrogen-bond donors (Lipinski definition) is 3. The Morgan fingerprint density at radius 3 is 2.51 bits per heavy atom. The second-order valence-corrected chi connectivity index (χ2v) is 9.23. The van der Waals surface area contributed by atoms with Gasteiger partial charge in [-0.3, -0.25) is 14.4 Å². The van der Waals surface area contributed by atoms with Crippen molar-refractivity contribution in [3.63, 3.8) is 0 Å². The molecule has 9 heteroatoms. The molecule has 37 heavy (non-hydrogen) atoms. The fourth-order valence-corrected chi connectivity index (χ4v) is 4.33. The first-order chi connectivity index (χ1) is 17.7. The Bertz CT molecular complexity index is 1050. The summed E-state index contributed by atoms with van der Waals surface area (Å²) < 4.78 is 0. The van der Waals surface area contributed by atoms with Gasteiger partial charge in [-0.1, -0.05) is 69.6 Å². The summed E-state index contributed by atoms with van der Waals surface area (Å²) in [5.74, 6) is -0.539. The number of fused-ring (bicyclic) bond motifs is 1. The molecule has 1 heterocycles. The van der Waals surface area contributed by atoms with Crippen LogP contribution >= 0.6 is 11.6 Å². The highest BCUT2D eigenvalue weighted by Gasteiger charge is 2.36. The molecule has 0 saturated heterocycles. The number of aldehydes is 1. The third-order valence-electron chi connectivity index (χ3n) is 5.70. The van der Waals surface area contributed by atoms with Crippen LogP contribution in [0.1, 0.15) is 62.0 Å². The molecule has 0 radical (unpaired) electrons. The molecule has 3 rings (SSSR count). The number of hydrogen-bond acceptors (Lipinski definition) is 5. The zero-order chi connectivity index (χ0) is 28.0. The van der Waals surface area contributed by atoms with Crippen molar-refractivity contribution in [2.75, 3.05) is 14.1 Å². The number of benzene rings is 1. The van der Waals surface area contributed by atoms with Crippen LogP contribution in [0, 0.1) is 5.41 Å². The van der Waals surface area contributed by atoms with Gasteiger partial charge in [0.05, 0.1) is 0 Å². The van der Waals surface area contributed by atoms with E-state index < -0.39 is 6.04 Å². The number of amides is 3. The lowest BCUT2D eigenvalue weighted by Gasteiger charge is -2.25. The number of halogens is 1. The first-order valence-corrected chi connectivity index (χ1v) is 12.8. The second kappa shape index (κ2) is 15.7. The summed E-state index contributed by atoms with van der Waals surface area (Å²) in [5, 5.41) is 8.94. The summed E-state index contributed by atoms with van der Waals surface area (Å²) >= 11 is 5.98. The molecule has 1 atom stereocenters. The van der Waals surface area contributed by atoms with Crippen LogP contribution in [0.4, 0.5) is 0 Å². The van der Waals surface area contributed by atoms with Gasteiger partial charge in [0.15, 0.2) is 0 Å². The van der Waals surface area contributed by atoms with E-state index in [1.54, 1.807) is 6.07 Å². The number of nitrogens with zero attached hydrogens (tertiary/aromatic N) is 1. The number of likely N-dealkylation sites (N-methyl/N-ethyl adjacent to an activating group) is 2. The van der Waals surface area contributed by atoms with Crippen LogP contribution in [-0.2, 0) is 27.5 Å². The average Bonchev–Trinajstić information content (AvgIpc) is 3.15. The minimum absolute atomic E-state index is 0.0478. The van der Waals surface area contributed by atoms with E-state index in [4.69, 9.17) is 11.6 Å². The second-order valence-electron chi connectivity index (χ2n) is 8.79. The van der Waals surface area contributed by atoms with E-state index >= 15 is 0 Å². The van der Waals surface area contributed by atoms with E-state index in [1.165, 1.54) is 11.9 Å². The Morgan fingerprint density at radius 1 is 1.22 bits per heavy atom. The first kappa shape index (κ1) is 31.6. The lowest BCUT2D eigenvalue weighted by molar-refractivity contribution is -0.125. The third-order valence-corrected chi connectivity index (χ3v) is 5.91. The molecule has 0 spiro atoms. The highest BCUT2D eigenvalue weighted by molar-refractivity contribution is 6.31. The van der Waals surface area contributed by atoms with Crippen LogP contribution in [0.3, 0.4) is 0 Å². The van der Waals surface area contributed by atoms with E-state index in [1.807, 2.05) is 51.3 Å². The summed E-state index contributed by atoms with van der Waals surface area (Å²) in [6.07, 6.45) is 9.94. The Morgan fingerprint density at radius 2 is 1.92 bits per heavy atom. The zero-order valence-corrected chi connectivity index (χ0v) is 23.3. The topological polar surface area (TPSA) is 108 Å². The maximum absolute atomic E-state index is 12.7. The Labute approximate surface area is 225 Å². The van der Waals surface area contributed by atoms with Crippen LogP contribution in [0.25, 0.3) is 0 Å². The molecule has 0 bridgehead atoms. The maximum atomic E-state index is 12.7. The van der Waals surface area contributed by atoms with Gasteiger partial charge in [0.2, 0.25) is 12.3 Å². The summed E-state index contributed by atoms with van der Waals surface area (Å²) in [6.45, 7) is 8.82. The van der Waals surface area contributed by atoms with E-state index in [2.05, 4.69) is 35.9 Å². The zero-order valence-electron chi connectivity index (χ0n) is 22.6. The molecule has 3 amide bonds.